The van der Waals surface area contributed by atoms with Gasteiger partial charge in [0.15, 0.2) is 5.78 Å². The van der Waals surface area contributed by atoms with Crippen LogP contribution in [0.3, 0.4) is 0 Å². The molecule has 3 nitrogen and oxygen atoms in total. The Bertz CT molecular complexity index is 394. The van der Waals surface area contributed by atoms with E-state index in [9.17, 15) is 9.59 Å². The van der Waals surface area contributed by atoms with Crippen LogP contribution in [0.1, 0.15) is 29.3 Å². The summed E-state index contributed by atoms with van der Waals surface area (Å²) in [4.78, 5) is 22.4. The summed E-state index contributed by atoms with van der Waals surface area (Å²) in [6.07, 6.45) is -0.0346. The van der Waals surface area contributed by atoms with Gasteiger partial charge >= 0.3 is 0 Å². The van der Waals surface area contributed by atoms with E-state index in [1.165, 1.54) is 6.92 Å². The molecule has 0 aliphatic carbocycles. The van der Waals surface area contributed by atoms with Crippen molar-refractivity contribution in [2.45, 2.75) is 20.3 Å². The fourth-order valence-corrected chi connectivity index (χ4v) is 1.40. The van der Waals surface area contributed by atoms with E-state index >= 15 is 0 Å². The Morgan fingerprint density at radius 1 is 1.33 bits per heavy atom. The Balaban J connectivity index is 2.95. The molecule has 3 heteroatoms. The van der Waals surface area contributed by atoms with E-state index in [4.69, 9.17) is 4.74 Å². The van der Waals surface area contributed by atoms with Crippen LogP contribution in [0.15, 0.2) is 18.2 Å². The first-order chi connectivity index (χ1) is 7.04. The zero-order chi connectivity index (χ0) is 11.4. The number of ether oxygens (including phenoxy) is 1. The third-order valence-corrected chi connectivity index (χ3v) is 2.14. The number of Topliss-reactive ketones (excluding diaryl/α,β-unsaturated/α-hetero) is 2. The Labute approximate surface area is 89.1 Å². The molecular weight excluding hydrogens is 192 g/mol. The maximum atomic E-state index is 11.6. The average molecular weight is 206 g/mol. The lowest BCUT2D eigenvalue weighted by molar-refractivity contribution is -0.116. The van der Waals surface area contributed by atoms with Gasteiger partial charge in [-0.15, -0.1) is 0 Å². The number of rotatable bonds is 4. The van der Waals surface area contributed by atoms with Gasteiger partial charge in [-0.1, -0.05) is 0 Å². The number of carbonyl (C=O) groups is 2. The number of benzene rings is 1. The zero-order valence-corrected chi connectivity index (χ0v) is 9.16. The lowest BCUT2D eigenvalue weighted by Gasteiger charge is -2.06. The molecule has 0 N–H and O–H groups in total. The third kappa shape index (κ3) is 2.91. The molecule has 0 bridgehead atoms. The molecule has 15 heavy (non-hydrogen) atoms. The molecular formula is C12H14O3. The molecule has 0 atom stereocenters. The molecule has 0 heterocycles. The standard InChI is InChI=1S/C12H14O3/c1-8-6-10(15-3)4-5-11(8)12(14)7-9(2)13/h4-6H,7H2,1-3H3. The van der Waals surface area contributed by atoms with E-state index in [-0.39, 0.29) is 18.0 Å². The second kappa shape index (κ2) is 4.73. The van der Waals surface area contributed by atoms with E-state index in [1.807, 2.05) is 6.92 Å². The Kier molecular flexibility index (Phi) is 3.61. The van der Waals surface area contributed by atoms with Gasteiger partial charge in [0.05, 0.1) is 13.5 Å². The van der Waals surface area contributed by atoms with Gasteiger partial charge in [0, 0.05) is 5.56 Å². The minimum Gasteiger partial charge on any atom is -0.497 e. The van der Waals surface area contributed by atoms with E-state index in [0.717, 1.165) is 5.56 Å². The van der Waals surface area contributed by atoms with Crippen LogP contribution in [0.25, 0.3) is 0 Å². The molecule has 0 aromatic heterocycles. The Morgan fingerprint density at radius 2 is 2.00 bits per heavy atom. The van der Waals surface area contributed by atoms with Crippen LogP contribution < -0.4 is 4.74 Å². The van der Waals surface area contributed by atoms with Gasteiger partial charge < -0.3 is 4.74 Å². The van der Waals surface area contributed by atoms with Gasteiger partial charge in [-0.05, 0) is 37.6 Å². The van der Waals surface area contributed by atoms with E-state index in [1.54, 1.807) is 25.3 Å². The monoisotopic (exact) mass is 206 g/mol. The smallest absolute Gasteiger partial charge is 0.170 e. The first kappa shape index (κ1) is 11.4. The van der Waals surface area contributed by atoms with Crippen molar-refractivity contribution in [3.63, 3.8) is 0 Å². The molecule has 0 fully saturated rings. The molecule has 0 aliphatic rings. The molecule has 0 amide bonds. The van der Waals surface area contributed by atoms with Crippen molar-refractivity contribution in [2.24, 2.45) is 0 Å². The highest BCUT2D eigenvalue weighted by Gasteiger charge is 2.11. The SMILES string of the molecule is COc1ccc(C(=O)CC(C)=O)c(C)c1. The van der Waals surface area contributed by atoms with Gasteiger partial charge in [-0.2, -0.15) is 0 Å². The van der Waals surface area contributed by atoms with E-state index in [0.29, 0.717) is 11.3 Å². The summed E-state index contributed by atoms with van der Waals surface area (Å²) >= 11 is 0. The van der Waals surface area contributed by atoms with Crippen molar-refractivity contribution in [3.05, 3.63) is 29.3 Å². The molecule has 0 saturated carbocycles. The van der Waals surface area contributed by atoms with Crippen molar-refractivity contribution in [3.8, 4) is 5.75 Å². The summed E-state index contributed by atoms with van der Waals surface area (Å²) in [6, 6.07) is 5.20. The molecule has 1 rings (SSSR count). The lowest BCUT2D eigenvalue weighted by atomic mass is 10.0. The maximum Gasteiger partial charge on any atom is 0.170 e. The van der Waals surface area contributed by atoms with Gasteiger partial charge in [-0.25, -0.2) is 0 Å². The number of hydrogen-bond donors (Lipinski definition) is 0. The van der Waals surface area contributed by atoms with Gasteiger partial charge in [-0.3, -0.25) is 9.59 Å². The Hall–Kier alpha value is -1.64. The average Bonchev–Trinajstić information content (AvgIpc) is 2.16. The summed E-state index contributed by atoms with van der Waals surface area (Å²) in [6.45, 7) is 3.24. The predicted octanol–water partition coefficient (Wildman–Crippen LogP) is 2.17. The minimum absolute atomic E-state index is 0.0346. The predicted molar refractivity (Wildman–Crippen MR) is 57.4 cm³/mol. The van der Waals surface area contributed by atoms with Crippen LogP contribution in [0.5, 0.6) is 5.75 Å². The highest BCUT2D eigenvalue weighted by molar-refractivity contribution is 6.08. The fourth-order valence-electron chi connectivity index (χ4n) is 1.40. The van der Waals surface area contributed by atoms with Crippen molar-refractivity contribution < 1.29 is 14.3 Å². The first-order valence-electron chi connectivity index (χ1n) is 4.72. The van der Waals surface area contributed by atoms with Gasteiger partial charge in [0.25, 0.3) is 0 Å². The van der Waals surface area contributed by atoms with Crippen LogP contribution in [0.2, 0.25) is 0 Å². The van der Waals surface area contributed by atoms with Gasteiger partial charge in [0.1, 0.15) is 11.5 Å². The number of methoxy groups -OCH3 is 1. The zero-order valence-electron chi connectivity index (χ0n) is 9.16. The highest BCUT2D eigenvalue weighted by atomic mass is 16.5. The Morgan fingerprint density at radius 3 is 2.47 bits per heavy atom. The molecule has 0 spiro atoms. The molecule has 1 aromatic rings. The topological polar surface area (TPSA) is 43.4 Å². The third-order valence-electron chi connectivity index (χ3n) is 2.14. The molecule has 1 aromatic carbocycles. The van der Waals surface area contributed by atoms with Crippen molar-refractivity contribution in [2.75, 3.05) is 7.11 Å². The quantitative estimate of drug-likeness (QED) is 0.560. The second-order valence-corrected chi connectivity index (χ2v) is 3.48. The van der Waals surface area contributed by atoms with Crippen LogP contribution >= 0.6 is 0 Å². The normalized spacial score (nSPS) is 9.80. The van der Waals surface area contributed by atoms with Crippen LogP contribution in [0.4, 0.5) is 0 Å². The molecule has 0 aliphatic heterocycles. The summed E-state index contributed by atoms with van der Waals surface area (Å²) in [5, 5.41) is 0. The van der Waals surface area contributed by atoms with E-state index < -0.39 is 0 Å². The summed E-state index contributed by atoms with van der Waals surface area (Å²) in [5.41, 5.74) is 1.42. The second-order valence-electron chi connectivity index (χ2n) is 3.48. The highest BCUT2D eigenvalue weighted by Crippen LogP contribution is 2.18. The van der Waals surface area contributed by atoms with Crippen LogP contribution in [-0.4, -0.2) is 18.7 Å². The largest absolute Gasteiger partial charge is 0.497 e. The van der Waals surface area contributed by atoms with Crippen LogP contribution in [0, 0.1) is 6.92 Å². The van der Waals surface area contributed by atoms with Crippen LogP contribution in [-0.2, 0) is 4.79 Å². The van der Waals surface area contributed by atoms with Crippen molar-refractivity contribution >= 4 is 11.6 Å². The molecule has 80 valence electrons. The molecule has 0 radical (unpaired) electrons. The van der Waals surface area contributed by atoms with Gasteiger partial charge in [0.2, 0.25) is 0 Å². The number of aryl methyl sites for hydroxylation is 1. The maximum absolute atomic E-state index is 11.6. The fraction of sp³-hybridized carbons (Fsp3) is 0.333. The van der Waals surface area contributed by atoms with Crippen molar-refractivity contribution in [1.29, 1.82) is 0 Å². The molecule has 0 unspecified atom stereocenters. The minimum atomic E-state index is -0.136. The summed E-state index contributed by atoms with van der Waals surface area (Å²) < 4.78 is 5.03. The first-order valence-corrected chi connectivity index (χ1v) is 4.72. The summed E-state index contributed by atoms with van der Waals surface area (Å²) in [5.74, 6) is 0.463. The molecule has 0 saturated heterocycles. The number of ketones is 2. The number of hydrogen-bond acceptors (Lipinski definition) is 3. The van der Waals surface area contributed by atoms with E-state index in [2.05, 4.69) is 0 Å². The van der Waals surface area contributed by atoms with Crippen molar-refractivity contribution in [1.82, 2.24) is 0 Å². The lowest BCUT2D eigenvalue weighted by Crippen LogP contribution is -2.06. The number of carbonyl (C=O) groups excluding carboxylic acids is 2. The summed E-state index contributed by atoms with van der Waals surface area (Å²) in [7, 11) is 1.58.